The van der Waals surface area contributed by atoms with E-state index >= 15 is 0 Å². The van der Waals surface area contributed by atoms with Crippen molar-refractivity contribution in [2.75, 3.05) is 5.73 Å². The summed E-state index contributed by atoms with van der Waals surface area (Å²) in [5, 5.41) is 0.737. The summed E-state index contributed by atoms with van der Waals surface area (Å²) < 4.78 is 0.889. The number of benzene rings is 1. The molecule has 1 aromatic carbocycles. The van der Waals surface area contributed by atoms with Crippen molar-refractivity contribution in [3.05, 3.63) is 27.2 Å². The van der Waals surface area contributed by atoms with Crippen molar-refractivity contribution in [2.24, 2.45) is 0 Å². The van der Waals surface area contributed by atoms with Gasteiger partial charge in [0.25, 0.3) is 0 Å². The van der Waals surface area contributed by atoms with E-state index in [1.165, 1.54) is 0 Å². The van der Waals surface area contributed by atoms with Gasteiger partial charge in [-0.3, -0.25) is 0 Å². The topological polar surface area (TPSA) is 26.0 Å². The van der Waals surface area contributed by atoms with Crippen molar-refractivity contribution in [3.63, 3.8) is 0 Å². The normalized spacial score (nSPS) is 9.90. The maximum atomic E-state index is 5.80. The highest BCUT2D eigenvalue weighted by Crippen LogP contribution is 2.28. The molecule has 0 saturated carbocycles. The SMILES string of the molecule is Cc1c(Cl)ccc(N)c1Br. The van der Waals surface area contributed by atoms with Crippen LogP contribution in [-0.4, -0.2) is 0 Å². The summed E-state index contributed by atoms with van der Waals surface area (Å²) in [6.07, 6.45) is 0. The number of hydrogen-bond donors (Lipinski definition) is 1. The van der Waals surface area contributed by atoms with E-state index in [-0.39, 0.29) is 0 Å². The van der Waals surface area contributed by atoms with E-state index < -0.39 is 0 Å². The van der Waals surface area contributed by atoms with E-state index in [2.05, 4.69) is 15.9 Å². The van der Waals surface area contributed by atoms with Gasteiger partial charge >= 0.3 is 0 Å². The average molecular weight is 220 g/mol. The molecule has 54 valence electrons. The van der Waals surface area contributed by atoms with Gasteiger partial charge in [-0.15, -0.1) is 0 Å². The molecule has 0 unspecified atom stereocenters. The van der Waals surface area contributed by atoms with E-state index in [0.717, 1.165) is 20.7 Å². The Hall–Kier alpha value is -0.210. The minimum atomic E-state index is 0.724. The Labute approximate surface area is 73.3 Å². The Morgan fingerprint density at radius 2 is 2.10 bits per heavy atom. The van der Waals surface area contributed by atoms with Crippen LogP contribution in [0.15, 0.2) is 16.6 Å². The molecule has 2 N–H and O–H groups in total. The zero-order chi connectivity index (χ0) is 7.72. The third kappa shape index (κ3) is 1.27. The van der Waals surface area contributed by atoms with Gasteiger partial charge in [0, 0.05) is 15.2 Å². The Morgan fingerprint density at radius 3 is 2.60 bits per heavy atom. The first-order valence-corrected chi connectivity index (χ1v) is 4.00. The summed E-state index contributed by atoms with van der Waals surface area (Å²) in [6, 6.07) is 3.57. The van der Waals surface area contributed by atoms with Crippen LogP contribution in [0.3, 0.4) is 0 Å². The zero-order valence-electron chi connectivity index (χ0n) is 5.49. The molecule has 0 spiro atoms. The fourth-order valence-electron chi connectivity index (χ4n) is 0.682. The molecule has 0 radical (unpaired) electrons. The fourth-order valence-corrected chi connectivity index (χ4v) is 1.30. The summed E-state index contributed by atoms with van der Waals surface area (Å²) in [4.78, 5) is 0. The molecule has 0 aliphatic carbocycles. The molecule has 0 amide bonds. The van der Waals surface area contributed by atoms with Crippen molar-refractivity contribution < 1.29 is 0 Å². The van der Waals surface area contributed by atoms with Gasteiger partial charge in [0.1, 0.15) is 0 Å². The van der Waals surface area contributed by atoms with Gasteiger partial charge in [0.05, 0.1) is 0 Å². The summed E-state index contributed by atoms with van der Waals surface area (Å²) >= 11 is 9.12. The van der Waals surface area contributed by atoms with E-state index in [1.807, 2.05) is 6.92 Å². The molecule has 1 aromatic rings. The molecule has 0 atom stereocenters. The predicted octanol–water partition coefficient (Wildman–Crippen LogP) is 2.99. The van der Waals surface area contributed by atoms with E-state index in [0.29, 0.717) is 0 Å². The number of nitrogen functional groups attached to an aromatic ring is 1. The lowest BCUT2D eigenvalue weighted by atomic mass is 10.2. The van der Waals surface area contributed by atoms with Gasteiger partial charge < -0.3 is 5.73 Å². The van der Waals surface area contributed by atoms with Crippen LogP contribution in [0.2, 0.25) is 5.02 Å². The second-order valence-electron chi connectivity index (χ2n) is 2.08. The lowest BCUT2D eigenvalue weighted by molar-refractivity contribution is 1.43. The van der Waals surface area contributed by atoms with E-state index in [1.54, 1.807) is 12.1 Å². The van der Waals surface area contributed by atoms with Crippen LogP contribution < -0.4 is 5.73 Å². The zero-order valence-corrected chi connectivity index (χ0v) is 7.83. The first-order chi connectivity index (χ1) is 4.63. The molecule has 0 aliphatic heterocycles. The molecule has 3 heteroatoms. The van der Waals surface area contributed by atoms with Gasteiger partial charge in [0.2, 0.25) is 0 Å². The van der Waals surface area contributed by atoms with Crippen molar-refractivity contribution >= 4 is 33.2 Å². The third-order valence-electron chi connectivity index (χ3n) is 1.35. The van der Waals surface area contributed by atoms with Crippen molar-refractivity contribution in [1.82, 2.24) is 0 Å². The summed E-state index contributed by atoms with van der Waals surface area (Å²) in [5.74, 6) is 0. The molecule has 1 rings (SSSR count). The first kappa shape index (κ1) is 7.89. The van der Waals surface area contributed by atoms with Gasteiger partial charge in [-0.2, -0.15) is 0 Å². The molecular formula is C7H7BrClN. The molecule has 0 saturated heterocycles. The van der Waals surface area contributed by atoms with E-state index in [9.17, 15) is 0 Å². The van der Waals surface area contributed by atoms with Crippen LogP contribution in [0.1, 0.15) is 5.56 Å². The minimum Gasteiger partial charge on any atom is -0.398 e. The van der Waals surface area contributed by atoms with Crippen molar-refractivity contribution in [3.8, 4) is 0 Å². The molecule has 1 nitrogen and oxygen atoms in total. The second kappa shape index (κ2) is 2.81. The molecule has 0 aromatic heterocycles. The highest BCUT2D eigenvalue weighted by molar-refractivity contribution is 9.10. The monoisotopic (exact) mass is 219 g/mol. The highest BCUT2D eigenvalue weighted by Gasteiger charge is 2.01. The predicted molar refractivity (Wildman–Crippen MR) is 48.3 cm³/mol. The van der Waals surface area contributed by atoms with Crippen LogP contribution in [0, 0.1) is 6.92 Å². The Balaban J connectivity index is 3.34. The van der Waals surface area contributed by atoms with Crippen LogP contribution in [-0.2, 0) is 0 Å². The number of anilines is 1. The lowest BCUT2D eigenvalue weighted by Crippen LogP contribution is -1.88. The first-order valence-electron chi connectivity index (χ1n) is 2.83. The van der Waals surface area contributed by atoms with Crippen LogP contribution >= 0.6 is 27.5 Å². The Kier molecular flexibility index (Phi) is 2.21. The number of hydrogen-bond acceptors (Lipinski definition) is 1. The molecular weight excluding hydrogens is 213 g/mol. The third-order valence-corrected chi connectivity index (χ3v) is 2.81. The standard InChI is InChI=1S/C7H7BrClN/c1-4-5(9)2-3-6(10)7(4)8/h2-3H,10H2,1H3. The minimum absolute atomic E-state index is 0.724. The van der Waals surface area contributed by atoms with Crippen molar-refractivity contribution in [2.45, 2.75) is 6.92 Å². The van der Waals surface area contributed by atoms with Crippen LogP contribution in [0.5, 0.6) is 0 Å². The smallest absolute Gasteiger partial charge is 0.0462 e. The molecule has 0 fully saturated rings. The Bertz CT molecular complexity index is 233. The number of halogens is 2. The molecule has 10 heavy (non-hydrogen) atoms. The maximum absolute atomic E-state index is 5.80. The molecule has 0 aliphatic rings. The maximum Gasteiger partial charge on any atom is 0.0462 e. The molecule has 0 heterocycles. The summed E-state index contributed by atoms with van der Waals surface area (Å²) in [5.41, 5.74) is 7.30. The van der Waals surface area contributed by atoms with Gasteiger partial charge in [-0.25, -0.2) is 0 Å². The van der Waals surface area contributed by atoms with Crippen LogP contribution in [0.4, 0.5) is 5.69 Å². The fraction of sp³-hybridized carbons (Fsp3) is 0.143. The quantitative estimate of drug-likeness (QED) is 0.668. The summed E-state index contributed by atoms with van der Waals surface area (Å²) in [7, 11) is 0. The van der Waals surface area contributed by atoms with Gasteiger partial charge in [0.15, 0.2) is 0 Å². The van der Waals surface area contributed by atoms with Gasteiger partial charge in [-0.1, -0.05) is 11.6 Å². The largest absolute Gasteiger partial charge is 0.398 e. The van der Waals surface area contributed by atoms with Gasteiger partial charge in [-0.05, 0) is 40.5 Å². The lowest BCUT2D eigenvalue weighted by Gasteiger charge is -2.02. The van der Waals surface area contributed by atoms with Crippen molar-refractivity contribution in [1.29, 1.82) is 0 Å². The number of rotatable bonds is 0. The average Bonchev–Trinajstić information content (AvgIpc) is 1.93. The van der Waals surface area contributed by atoms with E-state index in [4.69, 9.17) is 17.3 Å². The Morgan fingerprint density at radius 1 is 1.50 bits per heavy atom. The highest BCUT2D eigenvalue weighted by atomic mass is 79.9. The summed E-state index contributed by atoms with van der Waals surface area (Å²) in [6.45, 7) is 1.92. The second-order valence-corrected chi connectivity index (χ2v) is 3.28. The number of nitrogens with two attached hydrogens (primary N) is 1. The molecule has 0 bridgehead atoms. The van der Waals surface area contributed by atoms with Crippen LogP contribution in [0.25, 0.3) is 0 Å².